The van der Waals surface area contributed by atoms with Gasteiger partial charge in [-0.05, 0) is 45.4 Å². The highest BCUT2D eigenvalue weighted by Gasteiger charge is 2.39. The van der Waals surface area contributed by atoms with Crippen LogP contribution in [0.3, 0.4) is 0 Å². The maximum Gasteiger partial charge on any atom is 0.317 e. The first-order valence-corrected chi connectivity index (χ1v) is 8.50. The number of likely N-dealkylation sites (tertiary alicyclic amines) is 1. The van der Waals surface area contributed by atoms with E-state index in [2.05, 4.69) is 5.32 Å². The van der Waals surface area contributed by atoms with Crippen molar-refractivity contribution in [2.24, 2.45) is 11.8 Å². The standard InChI is InChI=1S/C16H28N2O3/c1-11(19)12-4-3-8-18(10-12)16(20)17-14-5-2-6-15-13(14)7-9-21-15/h11-15,19H,2-10H2,1H3,(H,17,20). The SMILES string of the molecule is CC(O)C1CCCN(C(=O)NC2CCCC3OCCC23)C1. The molecule has 5 unspecified atom stereocenters. The third kappa shape index (κ3) is 3.34. The summed E-state index contributed by atoms with van der Waals surface area (Å²) in [6.07, 6.45) is 6.47. The van der Waals surface area contributed by atoms with E-state index in [1.807, 2.05) is 11.8 Å². The molecule has 0 bridgehead atoms. The molecule has 3 aliphatic rings. The number of aliphatic hydroxyl groups excluding tert-OH is 1. The van der Waals surface area contributed by atoms with E-state index in [1.54, 1.807) is 0 Å². The summed E-state index contributed by atoms with van der Waals surface area (Å²) in [6, 6.07) is 0.323. The van der Waals surface area contributed by atoms with Crippen molar-refractivity contribution in [2.45, 2.75) is 63.7 Å². The lowest BCUT2D eigenvalue weighted by Gasteiger charge is -2.38. The fourth-order valence-electron chi connectivity index (χ4n) is 4.19. The van der Waals surface area contributed by atoms with E-state index in [0.717, 1.165) is 51.7 Å². The number of nitrogens with one attached hydrogen (secondary N) is 1. The summed E-state index contributed by atoms with van der Waals surface area (Å²) in [6.45, 7) is 4.16. The summed E-state index contributed by atoms with van der Waals surface area (Å²) in [5, 5.41) is 13.0. The highest BCUT2D eigenvalue weighted by atomic mass is 16.5. The summed E-state index contributed by atoms with van der Waals surface area (Å²) >= 11 is 0. The van der Waals surface area contributed by atoms with E-state index in [1.165, 1.54) is 0 Å². The smallest absolute Gasteiger partial charge is 0.317 e. The average molecular weight is 296 g/mol. The van der Waals surface area contributed by atoms with Crippen LogP contribution in [0, 0.1) is 11.8 Å². The van der Waals surface area contributed by atoms with Gasteiger partial charge in [0.25, 0.3) is 0 Å². The minimum absolute atomic E-state index is 0.0536. The van der Waals surface area contributed by atoms with Crippen molar-refractivity contribution in [1.29, 1.82) is 0 Å². The Balaban J connectivity index is 1.55. The molecule has 2 saturated heterocycles. The van der Waals surface area contributed by atoms with Gasteiger partial charge in [0.15, 0.2) is 0 Å². The van der Waals surface area contributed by atoms with Gasteiger partial charge < -0.3 is 20.1 Å². The van der Waals surface area contributed by atoms with Gasteiger partial charge in [0.2, 0.25) is 0 Å². The van der Waals surface area contributed by atoms with Gasteiger partial charge in [-0.15, -0.1) is 0 Å². The van der Waals surface area contributed by atoms with Crippen LogP contribution in [0.2, 0.25) is 0 Å². The molecule has 2 N–H and O–H groups in total. The van der Waals surface area contributed by atoms with E-state index in [4.69, 9.17) is 4.74 Å². The number of carbonyl (C=O) groups excluding carboxylic acids is 1. The van der Waals surface area contributed by atoms with E-state index in [-0.39, 0.29) is 24.1 Å². The Morgan fingerprint density at radius 3 is 2.95 bits per heavy atom. The molecule has 3 fully saturated rings. The van der Waals surface area contributed by atoms with Crippen LogP contribution in [0.25, 0.3) is 0 Å². The molecule has 0 aromatic carbocycles. The first kappa shape index (κ1) is 15.1. The maximum absolute atomic E-state index is 12.5. The van der Waals surface area contributed by atoms with Crippen molar-refractivity contribution in [2.75, 3.05) is 19.7 Å². The predicted molar refractivity (Wildman–Crippen MR) is 80.0 cm³/mol. The van der Waals surface area contributed by atoms with E-state index < -0.39 is 0 Å². The number of hydrogen-bond acceptors (Lipinski definition) is 3. The molecule has 2 amide bonds. The van der Waals surface area contributed by atoms with Crippen LogP contribution in [0.5, 0.6) is 0 Å². The van der Waals surface area contributed by atoms with Crippen molar-refractivity contribution >= 4 is 6.03 Å². The normalized spacial score (nSPS) is 37.9. The average Bonchev–Trinajstić information content (AvgIpc) is 2.97. The minimum Gasteiger partial charge on any atom is -0.393 e. The number of urea groups is 1. The molecule has 5 heteroatoms. The van der Waals surface area contributed by atoms with Gasteiger partial charge in [-0.1, -0.05) is 0 Å². The molecular weight excluding hydrogens is 268 g/mol. The van der Waals surface area contributed by atoms with Gasteiger partial charge in [-0.3, -0.25) is 0 Å². The zero-order valence-corrected chi connectivity index (χ0v) is 13.0. The Morgan fingerprint density at radius 1 is 1.29 bits per heavy atom. The number of nitrogens with zero attached hydrogens (tertiary/aromatic N) is 1. The van der Waals surface area contributed by atoms with Crippen molar-refractivity contribution in [3.05, 3.63) is 0 Å². The van der Waals surface area contributed by atoms with E-state index in [0.29, 0.717) is 18.6 Å². The Kier molecular flexibility index (Phi) is 4.69. The quantitative estimate of drug-likeness (QED) is 0.816. The minimum atomic E-state index is -0.331. The molecule has 0 radical (unpaired) electrons. The fraction of sp³-hybridized carbons (Fsp3) is 0.938. The Hall–Kier alpha value is -0.810. The number of fused-ring (bicyclic) bond motifs is 1. The topological polar surface area (TPSA) is 61.8 Å². The molecular formula is C16H28N2O3. The van der Waals surface area contributed by atoms with Crippen molar-refractivity contribution in [1.82, 2.24) is 10.2 Å². The number of ether oxygens (including phenoxy) is 1. The molecule has 0 aromatic heterocycles. The first-order valence-electron chi connectivity index (χ1n) is 8.50. The monoisotopic (exact) mass is 296 g/mol. The van der Waals surface area contributed by atoms with Gasteiger partial charge >= 0.3 is 6.03 Å². The molecule has 120 valence electrons. The maximum atomic E-state index is 12.5. The number of hydrogen-bond donors (Lipinski definition) is 2. The summed E-state index contributed by atoms with van der Waals surface area (Å²) in [7, 11) is 0. The lowest BCUT2D eigenvalue weighted by atomic mass is 9.82. The second kappa shape index (κ2) is 6.53. The van der Waals surface area contributed by atoms with Gasteiger partial charge in [0.05, 0.1) is 12.2 Å². The van der Waals surface area contributed by atoms with Crippen molar-refractivity contribution in [3.8, 4) is 0 Å². The highest BCUT2D eigenvalue weighted by molar-refractivity contribution is 5.74. The second-order valence-corrected chi connectivity index (χ2v) is 6.94. The molecule has 5 nitrogen and oxygen atoms in total. The number of carbonyl (C=O) groups is 1. The third-order valence-electron chi connectivity index (χ3n) is 5.52. The summed E-state index contributed by atoms with van der Waals surface area (Å²) in [5.41, 5.74) is 0. The van der Waals surface area contributed by atoms with Crippen LogP contribution < -0.4 is 5.32 Å². The largest absolute Gasteiger partial charge is 0.393 e. The van der Waals surface area contributed by atoms with Gasteiger partial charge in [-0.25, -0.2) is 4.79 Å². The molecule has 0 aromatic rings. The number of amides is 2. The van der Waals surface area contributed by atoms with Crippen LogP contribution >= 0.6 is 0 Å². The lowest BCUT2D eigenvalue weighted by molar-refractivity contribution is 0.0505. The number of rotatable bonds is 2. The number of piperidine rings is 1. The lowest BCUT2D eigenvalue weighted by Crippen LogP contribution is -2.53. The van der Waals surface area contributed by atoms with Crippen LogP contribution in [-0.4, -0.2) is 54.0 Å². The molecule has 2 heterocycles. The van der Waals surface area contributed by atoms with Crippen LogP contribution in [0.1, 0.15) is 45.4 Å². The second-order valence-electron chi connectivity index (χ2n) is 6.94. The third-order valence-corrected chi connectivity index (χ3v) is 5.52. The molecule has 21 heavy (non-hydrogen) atoms. The van der Waals surface area contributed by atoms with Crippen molar-refractivity contribution < 1.29 is 14.6 Å². The zero-order valence-electron chi connectivity index (χ0n) is 13.0. The molecule has 2 aliphatic heterocycles. The van der Waals surface area contributed by atoms with Gasteiger partial charge in [0, 0.05) is 37.6 Å². The first-order chi connectivity index (χ1) is 10.1. The zero-order chi connectivity index (χ0) is 14.8. The Labute approximate surface area is 127 Å². The van der Waals surface area contributed by atoms with Gasteiger partial charge in [-0.2, -0.15) is 0 Å². The molecule has 1 aliphatic carbocycles. The molecule has 0 spiro atoms. The molecule has 1 saturated carbocycles. The fourth-order valence-corrected chi connectivity index (χ4v) is 4.19. The highest BCUT2D eigenvalue weighted by Crippen LogP contribution is 2.34. The van der Waals surface area contributed by atoms with E-state index >= 15 is 0 Å². The number of aliphatic hydroxyl groups is 1. The van der Waals surface area contributed by atoms with Crippen molar-refractivity contribution in [3.63, 3.8) is 0 Å². The van der Waals surface area contributed by atoms with Crippen LogP contribution in [0.15, 0.2) is 0 Å². The summed E-state index contributed by atoms with van der Waals surface area (Å²) < 4.78 is 5.76. The van der Waals surface area contributed by atoms with Gasteiger partial charge in [0.1, 0.15) is 0 Å². The van der Waals surface area contributed by atoms with E-state index in [9.17, 15) is 9.90 Å². The van der Waals surface area contributed by atoms with Crippen LogP contribution in [-0.2, 0) is 4.74 Å². The summed E-state index contributed by atoms with van der Waals surface area (Å²) in [4.78, 5) is 14.4. The molecule has 3 rings (SSSR count). The molecule has 5 atom stereocenters. The predicted octanol–water partition coefficient (Wildman–Crippen LogP) is 1.75. The van der Waals surface area contributed by atoms with Crippen LogP contribution in [0.4, 0.5) is 4.79 Å². The summed E-state index contributed by atoms with van der Waals surface area (Å²) in [5.74, 6) is 0.721. The Bertz CT molecular complexity index is 375. The Morgan fingerprint density at radius 2 is 2.14 bits per heavy atom.